The number of nitrogens with zero attached hydrogens (tertiary/aromatic N) is 2. The third-order valence-electron chi connectivity index (χ3n) is 5.01. The molecule has 136 valence electrons. The molecule has 0 bridgehead atoms. The van der Waals surface area contributed by atoms with Gasteiger partial charge in [-0.25, -0.2) is 9.69 Å². The third kappa shape index (κ3) is 3.28. The second-order valence-electron chi connectivity index (χ2n) is 6.97. The van der Waals surface area contributed by atoms with Crippen molar-refractivity contribution in [2.45, 2.75) is 31.8 Å². The van der Waals surface area contributed by atoms with Crippen molar-refractivity contribution in [2.75, 3.05) is 27.9 Å². The number of amides is 3. The van der Waals surface area contributed by atoms with Crippen LogP contribution in [0.5, 0.6) is 11.5 Å². The lowest BCUT2D eigenvalue weighted by Crippen LogP contribution is -2.46. The topological polar surface area (TPSA) is 71.1 Å². The van der Waals surface area contributed by atoms with Crippen LogP contribution in [0.1, 0.15) is 25.3 Å². The lowest BCUT2D eigenvalue weighted by Gasteiger charge is -2.25. The second-order valence-corrected chi connectivity index (χ2v) is 6.97. The Morgan fingerprint density at radius 1 is 1.28 bits per heavy atom. The highest BCUT2D eigenvalue weighted by atomic mass is 16.5. The van der Waals surface area contributed by atoms with Crippen LogP contribution < -0.4 is 14.8 Å². The molecule has 1 aromatic carbocycles. The van der Waals surface area contributed by atoms with Crippen molar-refractivity contribution in [1.29, 1.82) is 0 Å². The van der Waals surface area contributed by atoms with E-state index in [2.05, 4.69) is 5.32 Å². The molecule has 7 heteroatoms. The number of hydrogen-bond acceptors (Lipinski definition) is 5. The Bertz CT molecular complexity index is 689. The molecule has 0 radical (unpaired) electrons. The highest BCUT2D eigenvalue weighted by Crippen LogP contribution is 2.42. The van der Waals surface area contributed by atoms with Crippen molar-refractivity contribution in [3.8, 4) is 11.5 Å². The zero-order valence-electron chi connectivity index (χ0n) is 15.2. The number of benzene rings is 1. The molecule has 2 aliphatic rings. The molecule has 1 aliphatic carbocycles. The molecule has 7 nitrogen and oxygen atoms in total. The quantitative estimate of drug-likeness (QED) is 0.762. The Balaban J connectivity index is 1.67. The van der Waals surface area contributed by atoms with Crippen LogP contribution >= 0.6 is 0 Å². The number of rotatable bonds is 7. The summed E-state index contributed by atoms with van der Waals surface area (Å²) in [6.07, 6.45) is 1.99. The molecular weight excluding hydrogens is 322 g/mol. The molecule has 1 aliphatic heterocycles. The first-order valence-corrected chi connectivity index (χ1v) is 8.42. The monoisotopic (exact) mass is 347 g/mol. The van der Waals surface area contributed by atoms with E-state index in [1.807, 2.05) is 37.1 Å². The molecule has 0 spiro atoms. The van der Waals surface area contributed by atoms with Crippen molar-refractivity contribution in [3.05, 3.63) is 23.8 Å². The van der Waals surface area contributed by atoms with Crippen LogP contribution in [0.3, 0.4) is 0 Å². The number of methoxy groups -OCH3 is 2. The van der Waals surface area contributed by atoms with Crippen molar-refractivity contribution >= 4 is 11.9 Å². The van der Waals surface area contributed by atoms with Gasteiger partial charge in [-0.3, -0.25) is 9.69 Å². The summed E-state index contributed by atoms with van der Waals surface area (Å²) in [7, 11) is 5.09. The highest BCUT2D eigenvalue weighted by Gasteiger charge is 2.56. The summed E-state index contributed by atoms with van der Waals surface area (Å²) in [5.41, 5.74) is 0.221. The summed E-state index contributed by atoms with van der Waals surface area (Å²) in [6.45, 7) is 2.62. The predicted molar refractivity (Wildman–Crippen MR) is 92.4 cm³/mol. The van der Waals surface area contributed by atoms with E-state index in [1.165, 1.54) is 4.90 Å². The fraction of sp³-hybridized carbons (Fsp3) is 0.556. The second kappa shape index (κ2) is 6.55. The van der Waals surface area contributed by atoms with Crippen molar-refractivity contribution in [2.24, 2.45) is 5.92 Å². The van der Waals surface area contributed by atoms with Crippen molar-refractivity contribution in [1.82, 2.24) is 15.1 Å². The first kappa shape index (κ1) is 17.5. The number of imide groups is 1. The number of carbonyl (C=O) groups excluding carboxylic acids is 2. The SMILES string of the molecule is COc1ccc(CN(C)CN2C(=O)N[C@](C)(C3CC3)C2=O)c(OC)c1. The fourth-order valence-corrected chi connectivity index (χ4v) is 3.35. The Labute approximate surface area is 147 Å². The molecule has 3 amide bonds. The highest BCUT2D eigenvalue weighted by molar-refractivity contribution is 6.07. The van der Waals surface area contributed by atoms with Gasteiger partial charge in [0.1, 0.15) is 17.0 Å². The standard InChI is InChI=1S/C18H25N3O4/c1-18(13-6-7-13)16(22)21(17(23)19-18)11-20(2)10-12-5-8-14(24-3)9-15(12)25-4/h5,8-9,13H,6-7,10-11H2,1-4H3,(H,19,23)/t18-/m1/s1. The van der Waals surface area contributed by atoms with Gasteiger partial charge in [0.05, 0.1) is 20.9 Å². The maximum absolute atomic E-state index is 12.7. The van der Waals surface area contributed by atoms with Crippen LogP contribution in [0.25, 0.3) is 0 Å². The average Bonchev–Trinajstić information content (AvgIpc) is 3.41. The van der Waals surface area contributed by atoms with Gasteiger partial charge in [-0.05, 0) is 38.8 Å². The largest absolute Gasteiger partial charge is 0.497 e. The number of ether oxygens (including phenoxy) is 2. The molecule has 1 N–H and O–H groups in total. The molecule has 1 heterocycles. The van der Waals surface area contributed by atoms with Gasteiger partial charge in [-0.1, -0.05) is 6.07 Å². The van der Waals surface area contributed by atoms with E-state index in [1.54, 1.807) is 14.2 Å². The van der Waals surface area contributed by atoms with Gasteiger partial charge >= 0.3 is 6.03 Å². The lowest BCUT2D eigenvalue weighted by molar-refractivity contribution is -0.132. The van der Waals surface area contributed by atoms with Crippen LogP contribution in [0, 0.1) is 5.92 Å². The van der Waals surface area contributed by atoms with Gasteiger partial charge in [-0.15, -0.1) is 0 Å². The molecule has 1 saturated heterocycles. The number of carbonyl (C=O) groups is 2. The molecule has 1 atom stereocenters. The van der Waals surface area contributed by atoms with Crippen LogP contribution in [0.2, 0.25) is 0 Å². The van der Waals surface area contributed by atoms with Crippen LogP contribution in [0.15, 0.2) is 18.2 Å². The van der Waals surface area contributed by atoms with Crippen LogP contribution in [-0.2, 0) is 11.3 Å². The van der Waals surface area contributed by atoms with Crippen molar-refractivity contribution in [3.63, 3.8) is 0 Å². The normalized spacial score (nSPS) is 23.2. The van der Waals surface area contributed by atoms with Gasteiger partial charge in [0.15, 0.2) is 0 Å². The summed E-state index contributed by atoms with van der Waals surface area (Å²) in [6, 6.07) is 5.30. The Morgan fingerprint density at radius 2 is 2.00 bits per heavy atom. The molecule has 2 fully saturated rings. The first-order valence-electron chi connectivity index (χ1n) is 8.42. The van der Waals surface area contributed by atoms with Gasteiger partial charge in [-0.2, -0.15) is 0 Å². The smallest absolute Gasteiger partial charge is 0.326 e. The first-order chi connectivity index (χ1) is 11.9. The maximum atomic E-state index is 12.7. The third-order valence-corrected chi connectivity index (χ3v) is 5.01. The molecule has 0 aromatic heterocycles. The van der Waals surface area contributed by atoms with Gasteiger partial charge in [0.2, 0.25) is 0 Å². The molecule has 3 rings (SSSR count). The summed E-state index contributed by atoms with van der Waals surface area (Å²) in [5, 5.41) is 2.87. The Kier molecular flexibility index (Phi) is 4.60. The van der Waals surface area contributed by atoms with E-state index >= 15 is 0 Å². The molecular formula is C18H25N3O4. The minimum atomic E-state index is -0.740. The van der Waals surface area contributed by atoms with Gasteiger partial charge < -0.3 is 14.8 Å². The average molecular weight is 347 g/mol. The summed E-state index contributed by atoms with van der Waals surface area (Å²) >= 11 is 0. The van der Waals surface area contributed by atoms with E-state index in [4.69, 9.17) is 9.47 Å². The minimum absolute atomic E-state index is 0.131. The predicted octanol–water partition coefficient (Wildman–Crippen LogP) is 1.81. The summed E-state index contributed by atoms with van der Waals surface area (Å²) in [5.74, 6) is 1.57. The molecule has 25 heavy (non-hydrogen) atoms. The van der Waals surface area contributed by atoms with E-state index in [-0.39, 0.29) is 24.5 Å². The minimum Gasteiger partial charge on any atom is -0.497 e. The molecule has 1 aromatic rings. The summed E-state index contributed by atoms with van der Waals surface area (Å²) in [4.78, 5) is 28.2. The van der Waals surface area contributed by atoms with E-state index < -0.39 is 5.54 Å². The number of urea groups is 1. The van der Waals surface area contributed by atoms with E-state index in [9.17, 15) is 9.59 Å². The van der Waals surface area contributed by atoms with E-state index in [0.29, 0.717) is 12.3 Å². The van der Waals surface area contributed by atoms with E-state index in [0.717, 1.165) is 24.2 Å². The maximum Gasteiger partial charge on any atom is 0.326 e. The molecule has 1 saturated carbocycles. The van der Waals surface area contributed by atoms with Crippen LogP contribution in [0.4, 0.5) is 4.79 Å². The molecule has 0 unspecified atom stereocenters. The Hall–Kier alpha value is -2.28. The zero-order valence-corrected chi connectivity index (χ0v) is 15.2. The number of nitrogens with one attached hydrogen (secondary N) is 1. The Morgan fingerprint density at radius 3 is 2.60 bits per heavy atom. The summed E-state index contributed by atoms with van der Waals surface area (Å²) < 4.78 is 10.6. The zero-order chi connectivity index (χ0) is 18.2. The number of hydrogen-bond donors (Lipinski definition) is 1. The van der Waals surface area contributed by atoms with Gasteiger partial charge in [0.25, 0.3) is 5.91 Å². The fourth-order valence-electron chi connectivity index (χ4n) is 3.35. The van der Waals surface area contributed by atoms with Crippen LogP contribution in [-0.4, -0.2) is 55.2 Å². The lowest BCUT2D eigenvalue weighted by atomic mass is 9.96. The van der Waals surface area contributed by atoms with Crippen molar-refractivity contribution < 1.29 is 19.1 Å². The van der Waals surface area contributed by atoms with Gasteiger partial charge in [0, 0.05) is 18.2 Å².